The third kappa shape index (κ3) is 9.65. The maximum atomic E-state index is 5.65. The van der Waals surface area contributed by atoms with Gasteiger partial charge in [0.05, 0.1) is 111 Å². The summed E-state index contributed by atoms with van der Waals surface area (Å²) in [5.74, 6) is 3.32. The van der Waals surface area contributed by atoms with Crippen molar-refractivity contribution in [3.63, 3.8) is 0 Å². The molecule has 0 bridgehead atoms. The molecule has 0 aliphatic rings. The van der Waals surface area contributed by atoms with Gasteiger partial charge in [0.1, 0.15) is 11.6 Å². The van der Waals surface area contributed by atoms with Crippen molar-refractivity contribution in [3.05, 3.63) is 407 Å². The Morgan fingerprint density at radius 2 is 0.444 bits per heavy atom. The molecule has 0 unspecified atom stereocenters. The summed E-state index contributed by atoms with van der Waals surface area (Å²) in [4.78, 5) is 26.9. The molecule has 0 fully saturated rings. The fourth-order valence-electron chi connectivity index (χ4n) is 20.8. The molecule has 13 heteroatoms. The summed E-state index contributed by atoms with van der Waals surface area (Å²) in [7, 11) is 0. The average Bonchev–Trinajstić information content (AvgIpc) is 1.54. The third-order valence-electron chi connectivity index (χ3n) is 25.8. The Kier molecular flexibility index (Phi) is 14.4. The van der Waals surface area contributed by atoms with Crippen molar-refractivity contribution in [2.75, 3.05) is 0 Å². The van der Waals surface area contributed by atoms with Crippen LogP contribution in [0.1, 0.15) is 0 Å². The van der Waals surface area contributed by atoms with Gasteiger partial charge in [0, 0.05) is 115 Å². The largest absolute Gasteiger partial charge is 0.309 e. The fourth-order valence-corrected chi connectivity index (χ4v) is 20.8. The smallest absolute Gasteiger partial charge is 0.241 e. The van der Waals surface area contributed by atoms with E-state index in [1.54, 1.807) is 0 Å². The van der Waals surface area contributed by atoms with E-state index >= 15 is 0 Å². The van der Waals surface area contributed by atoms with Gasteiger partial charge in [-0.2, -0.15) is 15.0 Å². The SMILES string of the molecule is c1ccc2c(-n3c4ccccc4c4ccc5c(c6ccccc6n5-c5cc(-n6c7ccccc7c7ccccc76)nc(-n6c7ccccc7c7ccccc76)c5)c43)ccnc2c1.c1ccc2c(-n3c4ccccc4c4ccc5c(c6ccccc6n5-c5nc(-n6c7ccccc7c7ccccc76)nc(-n6c7ccccc7c7ccccc76)n5)c43)cccc2c1. The van der Waals surface area contributed by atoms with E-state index in [1.165, 1.54) is 70.2 Å². The second-order valence-corrected chi connectivity index (χ2v) is 32.2. The van der Waals surface area contributed by atoms with Gasteiger partial charge in [0.25, 0.3) is 0 Å². The number of hydrogen-bond acceptors (Lipinski definition) is 5. The first-order valence-electron chi connectivity index (χ1n) is 42.1. The number of benzene rings is 17. The molecule has 13 nitrogen and oxygen atoms in total. The second kappa shape index (κ2) is 26.2. The van der Waals surface area contributed by atoms with E-state index in [0.29, 0.717) is 17.8 Å². The molecule has 17 aromatic carbocycles. The van der Waals surface area contributed by atoms with Crippen LogP contribution >= 0.6 is 0 Å². The predicted molar refractivity (Wildman–Crippen MR) is 512 cm³/mol. The lowest BCUT2D eigenvalue weighted by atomic mass is 10.1. The fraction of sp³-hybridized carbons (Fsp3) is 0. The number of fused-ring (bicyclic) bond motifs is 28. The molecule has 11 aromatic heterocycles. The summed E-state index contributed by atoms with van der Waals surface area (Å²) >= 11 is 0. The Hall–Kier alpha value is -17.0. The average molecular weight is 1580 g/mol. The van der Waals surface area contributed by atoms with Crippen LogP contribution in [0.3, 0.4) is 0 Å². The van der Waals surface area contributed by atoms with Gasteiger partial charge in [-0.05, 0) is 109 Å². The molecule has 28 rings (SSSR count). The molecular weight excluding hydrogens is 1520 g/mol. The molecule has 0 spiro atoms. The van der Waals surface area contributed by atoms with Crippen LogP contribution in [0.25, 0.3) is 243 Å². The lowest BCUT2D eigenvalue weighted by Gasteiger charge is -2.16. The second-order valence-electron chi connectivity index (χ2n) is 32.2. The zero-order valence-electron chi connectivity index (χ0n) is 66.5. The van der Waals surface area contributed by atoms with E-state index in [-0.39, 0.29) is 0 Å². The van der Waals surface area contributed by atoms with Crippen molar-refractivity contribution in [2.24, 2.45) is 0 Å². The predicted octanol–water partition coefficient (Wildman–Crippen LogP) is 27.4. The summed E-state index contributed by atoms with van der Waals surface area (Å²) in [6.07, 6.45) is 1.94. The van der Waals surface area contributed by atoms with Gasteiger partial charge in [-0.3, -0.25) is 27.8 Å². The number of nitrogens with zero attached hydrogens (tertiary/aromatic N) is 13. The van der Waals surface area contributed by atoms with Gasteiger partial charge in [-0.25, -0.2) is 4.98 Å². The minimum absolute atomic E-state index is 0.534. The highest BCUT2D eigenvalue weighted by molar-refractivity contribution is 6.29. The van der Waals surface area contributed by atoms with E-state index < -0.39 is 0 Å². The molecule has 0 saturated carbocycles. The van der Waals surface area contributed by atoms with Crippen molar-refractivity contribution >= 4 is 196 Å². The van der Waals surface area contributed by atoms with Crippen molar-refractivity contribution in [2.45, 2.75) is 0 Å². The molecule has 0 aliphatic heterocycles. The van der Waals surface area contributed by atoms with E-state index in [9.17, 15) is 0 Å². The Bertz CT molecular complexity index is 8410. The summed E-state index contributed by atoms with van der Waals surface area (Å²) in [6, 6.07) is 143. The first-order chi connectivity index (χ1) is 61.6. The normalized spacial score (nSPS) is 12.2. The van der Waals surface area contributed by atoms with E-state index in [2.05, 4.69) is 437 Å². The lowest BCUT2D eigenvalue weighted by Crippen LogP contribution is -2.13. The molecule has 0 N–H and O–H groups in total. The highest BCUT2D eigenvalue weighted by Gasteiger charge is 2.29. The summed E-state index contributed by atoms with van der Waals surface area (Å²) in [6.45, 7) is 0. The number of aromatic nitrogens is 13. The molecule has 11 heterocycles. The minimum Gasteiger partial charge on any atom is -0.309 e. The Morgan fingerprint density at radius 3 is 0.839 bits per heavy atom. The third-order valence-corrected chi connectivity index (χ3v) is 25.8. The highest BCUT2D eigenvalue weighted by atomic mass is 15.3. The van der Waals surface area contributed by atoms with Gasteiger partial charge < -0.3 is 13.7 Å². The number of rotatable bonds is 8. The maximum Gasteiger partial charge on any atom is 0.241 e. The Balaban J connectivity index is 0.000000130. The monoisotopic (exact) mass is 1580 g/mol. The van der Waals surface area contributed by atoms with Gasteiger partial charge in [0.15, 0.2) is 0 Å². The number of para-hydroxylation sites is 13. The van der Waals surface area contributed by atoms with Crippen molar-refractivity contribution in [3.8, 4) is 46.5 Å². The molecule has 0 atom stereocenters. The Morgan fingerprint density at radius 1 is 0.169 bits per heavy atom. The van der Waals surface area contributed by atoms with Gasteiger partial charge in [0.2, 0.25) is 17.8 Å². The zero-order chi connectivity index (χ0) is 80.9. The topological polar surface area (TPSA) is 104 Å². The van der Waals surface area contributed by atoms with Crippen molar-refractivity contribution in [1.82, 2.24) is 61.5 Å². The van der Waals surface area contributed by atoms with Crippen LogP contribution in [0.4, 0.5) is 0 Å². The lowest BCUT2D eigenvalue weighted by molar-refractivity contribution is 0.848. The molecular formula is C111H67N13. The standard InChI is InChI=1S/C56H34N6.C55H33N7/c1-8-22-44-42(20-1)51(31-32-57-44)62-49-27-13-6-19-40(49)41-29-30-52-55(56(41)62)43-21-7-14-28-50(43)59(52)35-33-53(60-45-23-9-2-15-36(45)37-16-3-10-24-46(37)60)58-54(34-35)61-47-25-11-4-17-38(47)39-18-5-12-26-48(39)61;1-2-18-35-34(16-1)17-15-31-43(35)59-44-25-9-7-23-40(44)41-32-33-50-51(52(41)59)42-24-8-14-30-49(42)62(50)55-57-53(60-45-26-10-3-19-36(45)37-20-4-11-27-46(37)60)56-54(58-55)61-47-28-12-5-21-38(47)39-22-6-13-29-48(39)61/h1-34H;1-33H. The molecule has 576 valence electrons. The van der Waals surface area contributed by atoms with Gasteiger partial charge >= 0.3 is 0 Å². The van der Waals surface area contributed by atoms with Crippen LogP contribution in [0.2, 0.25) is 0 Å². The maximum absolute atomic E-state index is 5.65. The minimum atomic E-state index is 0.534. The summed E-state index contributed by atoms with van der Waals surface area (Å²) in [5, 5.41) is 22.3. The zero-order valence-corrected chi connectivity index (χ0v) is 66.5. The quantitative estimate of drug-likeness (QED) is 0.151. The van der Waals surface area contributed by atoms with Crippen molar-refractivity contribution in [1.29, 1.82) is 0 Å². The van der Waals surface area contributed by atoms with E-state index in [4.69, 9.17) is 24.9 Å². The number of hydrogen-bond donors (Lipinski definition) is 0. The van der Waals surface area contributed by atoms with E-state index in [0.717, 1.165) is 155 Å². The first kappa shape index (κ1) is 67.9. The molecule has 0 saturated heterocycles. The molecule has 0 aliphatic carbocycles. The molecule has 0 radical (unpaired) electrons. The van der Waals surface area contributed by atoms with Crippen molar-refractivity contribution < 1.29 is 0 Å². The Labute approximate surface area is 706 Å². The van der Waals surface area contributed by atoms with Crippen LogP contribution in [0.5, 0.6) is 0 Å². The van der Waals surface area contributed by atoms with E-state index in [1.807, 2.05) is 6.20 Å². The van der Waals surface area contributed by atoms with Crippen LogP contribution in [-0.4, -0.2) is 61.5 Å². The summed E-state index contributed by atoms with van der Waals surface area (Å²) in [5.41, 5.74) is 21.7. The number of pyridine rings is 2. The highest BCUT2D eigenvalue weighted by Crippen LogP contribution is 2.48. The molecule has 0 amide bonds. The van der Waals surface area contributed by atoms with Crippen LogP contribution in [0, 0.1) is 0 Å². The molecule has 28 aromatic rings. The van der Waals surface area contributed by atoms with Crippen LogP contribution in [-0.2, 0) is 0 Å². The van der Waals surface area contributed by atoms with Gasteiger partial charge in [-0.1, -0.05) is 285 Å². The summed E-state index contributed by atoms with van der Waals surface area (Å²) < 4.78 is 18.7. The van der Waals surface area contributed by atoms with Gasteiger partial charge in [-0.15, -0.1) is 0 Å². The van der Waals surface area contributed by atoms with Crippen LogP contribution in [0.15, 0.2) is 407 Å². The van der Waals surface area contributed by atoms with Crippen LogP contribution < -0.4 is 0 Å². The first-order valence-corrected chi connectivity index (χ1v) is 42.1. The molecule has 124 heavy (non-hydrogen) atoms.